The number of benzene rings is 1. The van der Waals surface area contributed by atoms with Crippen molar-refractivity contribution in [3.05, 3.63) is 65.4 Å². The van der Waals surface area contributed by atoms with Crippen LogP contribution in [0, 0.1) is 12.8 Å². The summed E-state index contributed by atoms with van der Waals surface area (Å²) in [5.41, 5.74) is 3.50. The zero-order chi connectivity index (χ0) is 24.4. The molecule has 0 aliphatic carbocycles. The third kappa shape index (κ3) is 5.21. The van der Waals surface area contributed by atoms with Gasteiger partial charge >= 0.3 is 0 Å². The molecule has 3 aromatic rings. The lowest BCUT2D eigenvalue weighted by Gasteiger charge is -2.36. The number of rotatable bonds is 4. The SMILES string of the molecule is Cc1cc(C(=O)N2CCOCC(Cc3cccc4ncccc34)C2)nc(C2(C)CCN(C)CC2)n1. The van der Waals surface area contributed by atoms with Gasteiger partial charge in [0.1, 0.15) is 11.5 Å². The Morgan fingerprint density at radius 1 is 1.14 bits per heavy atom. The quantitative estimate of drug-likeness (QED) is 0.576. The molecule has 1 atom stereocenters. The number of hydrogen-bond acceptors (Lipinski definition) is 6. The first-order chi connectivity index (χ1) is 16.9. The number of carbonyl (C=O) groups is 1. The molecule has 1 aromatic carbocycles. The van der Waals surface area contributed by atoms with E-state index in [4.69, 9.17) is 14.7 Å². The molecule has 2 fully saturated rings. The Morgan fingerprint density at radius 3 is 2.80 bits per heavy atom. The number of amides is 1. The molecule has 0 saturated carbocycles. The summed E-state index contributed by atoms with van der Waals surface area (Å²) < 4.78 is 5.93. The number of aromatic nitrogens is 3. The zero-order valence-corrected chi connectivity index (χ0v) is 21.0. The van der Waals surface area contributed by atoms with Crippen LogP contribution < -0.4 is 0 Å². The first-order valence-electron chi connectivity index (χ1n) is 12.7. The van der Waals surface area contributed by atoms with Crippen molar-refractivity contribution in [2.24, 2.45) is 5.92 Å². The lowest BCUT2D eigenvalue weighted by molar-refractivity contribution is 0.0730. The minimum atomic E-state index is -0.0968. The van der Waals surface area contributed by atoms with Crippen LogP contribution in [0.1, 0.15) is 47.3 Å². The highest BCUT2D eigenvalue weighted by molar-refractivity contribution is 5.92. The molecule has 0 spiro atoms. The van der Waals surface area contributed by atoms with E-state index >= 15 is 0 Å². The van der Waals surface area contributed by atoms with Crippen molar-refractivity contribution in [2.45, 2.75) is 38.5 Å². The van der Waals surface area contributed by atoms with Gasteiger partial charge in [0, 0.05) is 41.7 Å². The Bertz CT molecular complexity index is 1200. The molecule has 35 heavy (non-hydrogen) atoms. The normalized spacial score (nSPS) is 21.1. The maximum Gasteiger partial charge on any atom is 0.272 e. The van der Waals surface area contributed by atoms with Crippen LogP contribution >= 0.6 is 0 Å². The van der Waals surface area contributed by atoms with Gasteiger partial charge in [-0.25, -0.2) is 9.97 Å². The van der Waals surface area contributed by atoms with Crippen LogP contribution in [-0.4, -0.2) is 77.1 Å². The number of ether oxygens (including phenoxy) is 1. The van der Waals surface area contributed by atoms with E-state index in [9.17, 15) is 4.79 Å². The van der Waals surface area contributed by atoms with E-state index in [1.54, 1.807) is 0 Å². The van der Waals surface area contributed by atoms with E-state index in [2.05, 4.69) is 42.1 Å². The molecular formula is C28H35N5O2. The molecule has 0 radical (unpaired) electrons. The number of pyridine rings is 1. The van der Waals surface area contributed by atoms with E-state index in [0.29, 0.717) is 32.0 Å². The van der Waals surface area contributed by atoms with Crippen molar-refractivity contribution in [3.63, 3.8) is 0 Å². The van der Waals surface area contributed by atoms with Gasteiger partial charge in [-0.05, 0) is 70.1 Å². The third-order valence-corrected chi connectivity index (χ3v) is 7.57. The Morgan fingerprint density at radius 2 is 1.97 bits per heavy atom. The summed E-state index contributed by atoms with van der Waals surface area (Å²) in [7, 11) is 2.15. The smallest absolute Gasteiger partial charge is 0.272 e. The average molecular weight is 474 g/mol. The lowest BCUT2D eigenvalue weighted by atomic mass is 9.79. The van der Waals surface area contributed by atoms with Crippen molar-refractivity contribution in [1.82, 2.24) is 24.8 Å². The minimum absolute atomic E-state index is 0.0247. The standard InChI is InChI=1S/C28H35N5O2/c1-20-16-25(31-27(30-20)28(2)9-12-32(3)13-10-28)26(34)33-14-15-35-19-21(18-33)17-22-6-4-8-24-23(22)7-5-11-29-24/h4-8,11,16,21H,9-10,12-15,17-19H2,1-3H3. The first kappa shape index (κ1) is 23.8. The Kier molecular flexibility index (Phi) is 6.80. The summed E-state index contributed by atoms with van der Waals surface area (Å²) in [6.07, 6.45) is 4.66. The predicted octanol–water partition coefficient (Wildman–Crippen LogP) is 3.65. The molecule has 1 unspecified atom stereocenters. The van der Waals surface area contributed by atoms with Gasteiger partial charge in [-0.15, -0.1) is 0 Å². The number of likely N-dealkylation sites (tertiary alicyclic amines) is 1. The molecule has 2 aliphatic heterocycles. The van der Waals surface area contributed by atoms with Gasteiger partial charge in [0.2, 0.25) is 0 Å². The summed E-state index contributed by atoms with van der Waals surface area (Å²) in [4.78, 5) is 32.0. The van der Waals surface area contributed by atoms with E-state index < -0.39 is 0 Å². The van der Waals surface area contributed by atoms with Crippen LogP contribution in [0.3, 0.4) is 0 Å². The van der Waals surface area contributed by atoms with Crippen LogP contribution in [0.25, 0.3) is 10.9 Å². The summed E-state index contributed by atoms with van der Waals surface area (Å²) >= 11 is 0. The van der Waals surface area contributed by atoms with E-state index in [0.717, 1.165) is 49.4 Å². The molecule has 184 valence electrons. The molecule has 2 aliphatic rings. The zero-order valence-electron chi connectivity index (χ0n) is 21.0. The highest BCUT2D eigenvalue weighted by Gasteiger charge is 2.35. The molecule has 0 bridgehead atoms. The van der Waals surface area contributed by atoms with Crippen LogP contribution in [-0.2, 0) is 16.6 Å². The average Bonchev–Trinajstić information content (AvgIpc) is 3.11. The van der Waals surface area contributed by atoms with E-state index in [1.165, 1.54) is 10.9 Å². The molecule has 0 N–H and O–H groups in total. The van der Waals surface area contributed by atoms with Gasteiger partial charge in [-0.3, -0.25) is 9.78 Å². The summed E-state index contributed by atoms with van der Waals surface area (Å²) in [6, 6.07) is 12.2. The second-order valence-corrected chi connectivity index (χ2v) is 10.5. The summed E-state index contributed by atoms with van der Waals surface area (Å²) in [6.45, 7) is 8.64. The van der Waals surface area contributed by atoms with Crippen molar-refractivity contribution in [3.8, 4) is 0 Å². The maximum atomic E-state index is 13.7. The molecule has 1 amide bonds. The molecule has 7 heteroatoms. The largest absolute Gasteiger partial charge is 0.379 e. The molecule has 2 saturated heterocycles. The number of fused-ring (bicyclic) bond motifs is 1. The fourth-order valence-corrected chi connectivity index (χ4v) is 5.29. The summed E-state index contributed by atoms with van der Waals surface area (Å²) in [5.74, 6) is 0.990. The number of nitrogens with zero attached hydrogens (tertiary/aromatic N) is 5. The Labute approximate surface area is 207 Å². The molecule has 5 rings (SSSR count). The van der Waals surface area contributed by atoms with Crippen LogP contribution in [0.5, 0.6) is 0 Å². The highest BCUT2D eigenvalue weighted by Crippen LogP contribution is 2.33. The van der Waals surface area contributed by atoms with Crippen LogP contribution in [0.15, 0.2) is 42.6 Å². The molecule has 2 aromatic heterocycles. The van der Waals surface area contributed by atoms with Crippen molar-refractivity contribution in [2.75, 3.05) is 46.4 Å². The van der Waals surface area contributed by atoms with Gasteiger partial charge < -0.3 is 14.5 Å². The minimum Gasteiger partial charge on any atom is -0.379 e. The van der Waals surface area contributed by atoms with Gasteiger partial charge in [0.15, 0.2) is 0 Å². The van der Waals surface area contributed by atoms with Crippen LogP contribution in [0.4, 0.5) is 0 Å². The second-order valence-electron chi connectivity index (χ2n) is 10.5. The van der Waals surface area contributed by atoms with Gasteiger partial charge in [0.25, 0.3) is 5.91 Å². The third-order valence-electron chi connectivity index (χ3n) is 7.57. The van der Waals surface area contributed by atoms with E-state index in [1.807, 2.05) is 36.2 Å². The second kappa shape index (κ2) is 9.99. The fourth-order valence-electron chi connectivity index (χ4n) is 5.29. The van der Waals surface area contributed by atoms with Crippen LogP contribution in [0.2, 0.25) is 0 Å². The van der Waals surface area contributed by atoms with Gasteiger partial charge in [-0.1, -0.05) is 25.1 Å². The summed E-state index contributed by atoms with van der Waals surface area (Å²) in [5, 5.41) is 1.17. The van der Waals surface area contributed by atoms with E-state index in [-0.39, 0.29) is 17.2 Å². The number of hydrogen-bond donors (Lipinski definition) is 0. The van der Waals surface area contributed by atoms with Crippen molar-refractivity contribution >= 4 is 16.8 Å². The number of carbonyl (C=O) groups excluding carboxylic acids is 1. The molecule has 4 heterocycles. The Hall–Kier alpha value is -2.90. The predicted molar refractivity (Wildman–Crippen MR) is 137 cm³/mol. The monoisotopic (exact) mass is 473 g/mol. The first-order valence-corrected chi connectivity index (χ1v) is 12.7. The van der Waals surface area contributed by atoms with Crippen molar-refractivity contribution in [1.29, 1.82) is 0 Å². The highest BCUT2D eigenvalue weighted by atomic mass is 16.5. The van der Waals surface area contributed by atoms with Crippen molar-refractivity contribution < 1.29 is 9.53 Å². The lowest BCUT2D eigenvalue weighted by Crippen LogP contribution is -2.41. The molecular weight excluding hydrogens is 438 g/mol. The Balaban J connectivity index is 1.36. The maximum absolute atomic E-state index is 13.7. The molecule has 7 nitrogen and oxygen atoms in total. The number of aryl methyl sites for hydroxylation is 1. The topological polar surface area (TPSA) is 71.5 Å². The van der Waals surface area contributed by atoms with Gasteiger partial charge in [0.05, 0.1) is 18.7 Å². The fraction of sp³-hybridized carbons (Fsp3) is 0.500. The number of piperidine rings is 1. The van der Waals surface area contributed by atoms with Gasteiger partial charge in [-0.2, -0.15) is 0 Å².